The second-order valence-electron chi connectivity index (χ2n) is 14.3. The maximum atomic E-state index is 12.8. The minimum absolute atomic E-state index is 0.116. The zero-order chi connectivity index (χ0) is 22.8. The molecule has 0 radical (unpaired) electrons. The molecular weight excluding hydrogens is 376 g/mol. The van der Waals surface area contributed by atoms with Gasteiger partial charge in [0.25, 0.3) is 0 Å². The Kier molecular flexibility index (Phi) is 6.05. The first-order chi connectivity index (χ1) is 14.4. The van der Waals surface area contributed by atoms with Gasteiger partial charge in [-0.3, -0.25) is 4.79 Å². The van der Waals surface area contributed by atoms with Crippen LogP contribution in [-0.2, 0) is 4.79 Å². The largest absolute Gasteiger partial charge is 0.299 e. The first-order valence-corrected chi connectivity index (χ1v) is 13.9. The van der Waals surface area contributed by atoms with E-state index >= 15 is 0 Å². The number of carbonyl (C=O) groups excluding carboxylic acids is 1. The molecule has 0 aromatic carbocycles. The Hall–Kier alpha value is -0.330. The number of rotatable bonds is 5. The number of fused-ring (bicyclic) bond motifs is 5. The van der Waals surface area contributed by atoms with Gasteiger partial charge in [-0.15, -0.1) is 0 Å². The minimum Gasteiger partial charge on any atom is -0.299 e. The SMILES string of the molecule is CC(C)CCC[C@@H](C)[C@H]1CC[C@@]2(C)[C@H]1CC[C@@H]1[C@@]3(C)CCC(=O)C(C)(C)C3CC[C@]12C. The molecule has 0 saturated heterocycles. The summed E-state index contributed by atoms with van der Waals surface area (Å²) in [6, 6.07) is 0. The Labute approximate surface area is 193 Å². The highest BCUT2D eigenvalue weighted by molar-refractivity contribution is 5.85. The molecule has 4 aliphatic rings. The van der Waals surface area contributed by atoms with Crippen LogP contribution < -0.4 is 0 Å². The van der Waals surface area contributed by atoms with Gasteiger partial charge in [-0.1, -0.05) is 74.7 Å². The number of hydrogen-bond acceptors (Lipinski definition) is 1. The Morgan fingerprint density at radius 1 is 0.806 bits per heavy atom. The molecule has 0 aromatic rings. The van der Waals surface area contributed by atoms with Gasteiger partial charge >= 0.3 is 0 Å². The van der Waals surface area contributed by atoms with Gasteiger partial charge in [-0.25, -0.2) is 0 Å². The van der Waals surface area contributed by atoms with Crippen LogP contribution in [-0.4, -0.2) is 5.78 Å². The zero-order valence-electron chi connectivity index (χ0n) is 22.2. The Bertz CT molecular complexity index is 691. The van der Waals surface area contributed by atoms with Crippen LogP contribution in [0.2, 0.25) is 0 Å². The molecule has 0 spiro atoms. The average molecular weight is 429 g/mol. The van der Waals surface area contributed by atoms with Crippen LogP contribution in [0.5, 0.6) is 0 Å². The highest BCUT2D eigenvalue weighted by Crippen LogP contribution is 2.75. The highest BCUT2D eigenvalue weighted by Gasteiger charge is 2.68. The molecule has 0 heterocycles. The van der Waals surface area contributed by atoms with Gasteiger partial charge in [0, 0.05) is 11.8 Å². The van der Waals surface area contributed by atoms with Crippen LogP contribution >= 0.6 is 0 Å². The Morgan fingerprint density at radius 2 is 1.48 bits per heavy atom. The van der Waals surface area contributed by atoms with Gasteiger partial charge in [0.2, 0.25) is 0 Å². The Morgan fingerprint density at radius 3 is 2.16 bits per heavy atom. The topological polar surface area (TPSA) is 17.1 Å². The normalized spacial score (nSPS) is 47.6. The van der Waals surface area contributed by atoms with Crippen molar-refractivity contribution in [1.82, 2.24) is 0 Å². The fourth-order valence-electron chi connectivity index (χ4n) is 10.3. The summed E-state index contributed by atoms with van der Waals surface area (Å²) in [5.74, 6) is 5.55. The molecule has 4 aliphatic carbocycles. The number of carbonyl (C=O) groups is 1. The van der Waals surface area contributed by atoms with Crippen molar-refractivity contribution < 1.29 is 4.79 Å². The van der Waals surface area contributed by atoms with Gasteiger partial charge in [0.15, 0.2) is 0 Å². The van der Waals surface area contributed by atoms with Crippen molar-refractivity contribution in [2.24, 2.45) is 57.2 Å². The van der Waals surface area contributed by atoms with Gasteiger partial charge in [0.05, 0.1) is 0 Å². The summed E-state index contributed by atoms with van der Waals surface area (Å²) < 4.78 is 0. The van der Waals surface area contributed by atoms with E-state index in [2.05, 4.69) is 55.4 Å². The maximum Gasteiger partial charge on any atom is 0.138 e. The van der Waals surface area contributed by atoms with Crippen molar-refractivity contribution in [2.75, 3.05) is 0 Å². The van der Waals surface area contributed by atoms with Crippen LogP contribution in [0.3, 0.4) is 0 Å². The van der Waals surface area contributed by atoms with E-state index in [0.717, 1.165) is 42.4 Å². The fraction of sp³-hybridized carbons (Fsp3) is 0.967. The molecule has 0 bridgehead atoms. The van der Waals surface area contributed by atoms with Crippen LogP contribution in [0.4, 0.5) is 0 Å². The molecule has 4 fully saturated rings. The third-order valence-electron chi connectivity index (χ3n) is 12.4. The van der Waals surface area contributed by atoms with Crippen molar-refractivity contribution >= 4 is 5.78 Å². The maximum absolute atomic E-state index is 12.8. The average Bonchev–Trinajstić information content (AvgIpc) is 3.03. The first kappa shape index (κ1) is 23.8. The molecule has 31 heavy (non-hydrogen) atoms. The number of ketones is 1. The van der Waals surface area contributed by atoms with Crippen molar-refractivity contribution in [3.63, 3.8) is 0 Å². The van der Waals surface area contributed by atoms with Crippen molar-refractivity contribution in [1.29, 1.82) is 0 Å². The standard InChI is InChI=1S/C30H52O/c1-20(2)10-9-11-21(3)22-14-18-29(7)23(22)12-13-25-28(6)17-16-26(31)27(4,5)24(28)15-19-30(25,29)8/h20-25H,9-19H2,1-8H3/t21-,22-,23+,24?,25-,28+,29+,30-/m1/s1. The van der Waals surface area contributed by atoms with Crippen LogP contribution in [0, 0.1) is 57.2 Å². The molecular formula is C30H52O. The lowest BCUT2D eigenvalue weighted by molar-refractivity contribution is -0.203. The molecule has 0 N–H and O–H groups in total. The molecule has 8 atom stereocenters. The molecule has 4 rings (SSSR count). The molecule has 0 amide bonds. The van der Waals surface area contributed by atoms with Crippen molar-refractivity contribution in [3.8, 4) is 0 Å². The summed E-state index contributed by atoms with van der Waals surface area (Å²) in [7, 11) is 0. The van der Waals surface area contributed by atoms with E-state index < -0.39 is 0 Å². The molecule has 4 saturated carbocycles. The van der Waals surface area contributed by atoms with Crippen molar-refractivity contribution in [2.45, 2.75) is 126 Å². The second kappa shape index (κ2) is 7.87. The third-order valence-corrected chi connectivity index (χ3v) is 12.4. The fourth-order valence-corrected chi connectivity index (χ4v) is 10.3. The molecule has 1 unspecified atom stereocenters. The van der Waals surface area contributed by atoms with E-state index in [1.807, 2.05) is 0 Å². The van der Waals surface area contributed by atoms with Crippen LogP contribution in [0.1, 0.15) is 126 Å². The zero-order valence-corrected chi connectivity index (χ0v) is 22.2. The van der Waals surface area contributed by atoms with Gasteiger partial charge in [-0.05, 0) is 96.7 Å². The lowest BCUT2D eigenvalue weighted by atomic mass is 9.35. The highest BCUT2D eigenvalue weighted by atomic mass is 16.1. The summed E-state index contributed by atoms with van der Waals surface area (Å²) in [5, 5.41) is 0. The summed E-state index contributed by atoms with van der Waals surface area (Å²) in [6.07, 6.45) is 14.6. The van der Waals surface area contributed by atoms with E-state index in [1.165, 1.54) is 57.8 Å². The summed E-state index contributed by atoms with van der Waals surface area (Å²) in [4.78, 5) is 12.8. The van der Waals surface area contributed by atoms with Crippen molar-refractivity contribution in [3.05, 3.63) is 0 Å². The van der Waals surface area contributed by atoms with E-state index in [1.54, 1.807) is 0 Å². The van der Waals surface area contributed by atoms with E-state index in [4.69, 9.17) is 0 Å². The number of Topliss-reactive ketones (excluding diaryl/α,β-unsaturated/α-hetero) is 1. The van der Waals surface area contributed by atoms with Gasteiger partial charge < -0.3 is 0 Å². The lowest BCUT2D eigenvalue weighted by Crippen LogP contribution is -2.63. The van der Waals surface area contributed by atoms with Crippen LogP contribution in [0.25, 0.3) is 0 Å². The predicted octanol–water partition coefficient (Wildman–Crippen LogP) is 8.70. The molecule has 1 nitrogen and oxygen atoms in total. The molecule has 0 aliphatic heterocycles. The molecule has 178 valence electrons. The van der Waals surface area contributed by atoms with E-state index in [9.17, 15) is 4.79 Å². The van der Waals surface area contributed by atoms with Crippen LogP contribution in [0.15, 0.2) is 0 Å². The third kappa shape index (κ3) is 3.41. The number of hydrogen-bond donors (Lipinski definition) is 0. The monoisotopic (exact) mass is 428 g/mol. The lowest BCUT2D eigenvalue weighted by Gasteiger charge is -2.69. The van der Waals surface area contributed by atoms with Gasteiger partial charge in [0.1, 0.15) is 5.78 Å². The minimum atomic E-state index is -0.116. The first-order valence-electron chi connectivity index (χ1n) is 13.9. The summed E-state index contributed by atoms with van der Waals surface area (Å²) in [6.45, 7) is 19.9. The quantitative estimate of drug-likeness (QED) is 0.428. The Balaban J connectivity index is 1.57. The van der Waals surface area contributed by atoms with E-state index in [0.29, 0.717) is 27.9 Å². The second-order valence-corrected chi connectivity index (χ2v) is 14.3. The predicted molar refractivity (Wildman–Crippen MR) is 132 cm³/mol. The molecule has 1 heteroatoms. The van der Waals surface area contributed by atoms with Gasteiger partial charge in [-0.2, -0.15) is 0 Å². The smallest absolute Gasteiger partial charge is 0.138 e. The molecule has 0 aromatic heterocycles. The van der Waals surface area contributed by atoms with E-state index in [-0.39, 0.29) is 5.41 Å². The summed E-state index contributed by atoms with van der Waals surface area (Å²) >= 11 is 0. The summed E-state index contributed by atoms with van der Waals surface area (Å²) in [5.41, 5.74) is 1.21.